The number of para-hydroxylation sites is 2. The van der Waals surface area contributed by atoms with Gasteiger partial charge in [-0.05, 0) is 26.0 Å². The minimum absolute atomic E-state index is 0.0470. The van der Waals surface area contributed by atoms with Crippen molar-refractivity contribution in [3.63, 3.8) is 0 Å². The van der Waals surface area contributed by atoms with Crippen LogP contribution in [0.2, 0.25) is 0 Å². The summed E-state index contributed by atoms with van der Waals surface area (Å²) in [5.74, 6) is 6.73. The molecule has 1 aromatic carbocycles. The van der Waals surface area contributed by atoms with Crippen molar-refractivity contribution >= 4 is 28.7 Å². The highest BCUT2D eigenvalue weighted by Crippen LogP contribution is 2.23. The fraction of sp³-hybridized carbons (Fsp3) is 0.364. The van der Waals surface area contributed by atoms with Crippen LogP contribution in [0.25, 0.3) is 11.0 Å². The van der Waals surface area contributed by atoms with Gasteiger partial charge in [0.2, 0.25) is 5.95 Å². The summed E-state index contributed by atoms with van der Waals surface area (Å²) in [4.78, 5) is 28.7. The molecule has 3 aromatic rings. The molecule has 3 rings (SSSR count). The summed E-state index contributed by atoms with van der Waals surface area (Å²) in [6.07, 6.45) is 1.67. The molecule has 0 aliphatic rings. The number of nitrogens with one attached hydrogen (secondary N) is 2. The van der Waals surface area contributed by atoms with E-state index in [1.54, 1.807) is 24.7 Å². The first-order valence-electron chi connectivity index (χ1n) is 10.1. The second-order valence-electron chi connectivity index (χ2n) is 7.26. The molecule has 0 fully saturated rings. The highest BCUT2D eigenvalue weighted by Gasteiger charge is 2.24. The van der Waals surface area contributed by atoms with Crippen molar-refractivity contribution in [2.45, 2.75) is 33.0 Å². The average molecular weight is 421 g/mol. The van der Waals surface area contributed by atoms with Crippen molar-refractivity contribution in [1.82, 2.24) is 24.8 Å². The monoisotopic (exact) mass is 420 g/mol. The second kappa shape index (κ2) is 9.91. The molecule has 0 aliphatic heterocycles. The molecule has 4 N–H and O–H groups in total. The van der Waals surface area contributed by atoms with Crippen LogP contribution in [-0.4, -0.2) is 52.1 Å². The standard InChI is InChI=1S/C22H28N8O/c1-5-6-11-30-19(20(24-3)28-22(30)29(4)14-15(2)23)21(31)26-13-16-12-25-17-9-7-8-10-18(17)27-16/h7-10,12,15,24H,11,13-14,23H2,1-4H3,(H,26,31). The zero-order valence-corrected chi connectivity index (χ0v) is 18.3. The van der Waals surface area contributed by atoms with Gasteiger partial charge in [-0.2, -0.15) is 4.98 Å². The number of nitrogens with two attached hydrogens (primary N) is 1. The number of imidazole rings is 1. The van der Waals surface area contributed by atoms with Gasteiger partial charge in [-0.25, -0.2) is 4.98 Å². The van der Waals surface area contributed by atoms with Crippen LogP contribution in [0.3, 0.4) is 0 Å². The number of hydrogen-bond acceptors (Lipinski definition) is 7. The van der Waals surface area contributed by atoms with Gasteiger partial charge in [0.1, 0.15) is 0 Å². The number of amides is 1. The van der Waals surface area contributed by atoms with Gasteiger partial charge < -0.3 is 21.3 Å². The van der Waals surface area contributed by atoms with Crippen molar-refractivity contribution in [3.8, 4) is 11.8 Å². The lowest BCUT2D eigenvalue weighted by atomic mass is 10.3. The minimum atomic E-state index is -0.273. The number of benzene rings is 1. The van der Waals surface area contributed by atoms with E-state index in [-0.39, 0.29) is 18.5 Å². The molecule has 0 radical (unpaired) electrons. The topological polar surface area (TPSA) is 114 Å². The van der Waals surface area contributed by atoms with Crippen LogP contribution < -0.4 is 21.3 Å². The predicted molar refractivity (Wildman–Crippen MR) is 123 cm³/mol. The van der Waals surface area contributed by atoms with Crippen LogP contribution in [0.1, 0.15) is 30.0 Å². The van der Waals surface area contributed by atoms with E-state index in [0.717, 1.165) is 11.0 Å². The largest absolute Gasteiger partial charge is 0.371 e. The first kappa shape index (κ1) is 22.1. The Morgan fingerprint density at radius 1 is 1.29 bits per heavy atom. The van der Waals surface area contributed by atoms with Crippen LogP contribution in [0, 0.1) is 11.8 Å². The zero-order valence-electron chi connectivity index (χ0n) is 18.3. The molecule has 0 aliphatic carbocycles. The Bertz CT molecular complexity index is 1130. The Balaban J connectivity index is 1.88. The summed E-state index contributed by atoms with van der Waals surface area (Å²) in [5.41, 5.74) is 8.63. The molecule has 1 unspecified atom stereocenters. The highest BCUT2D eigenvalue weighted by molar-refractivity contribution is 5.98. The van der Waals surface area contributed by atoms with Crippen LogP contribution in [0.5, 0.6) is 0 Å². The number of aromatic nitrogens is 4. The van der Waals surface area contributed by atoms with E-state index in [1.807, 2.05) is 43.1 Å². The molecule has 162 valence electrons. The third-order valence-corrected chi connectivity index (χ3v) is 4.65. The van der Waals surface area contributed by atoms with E-state index in [2.05, 4.69) is 37.4 Å². The van der Waals surface area contributed by atoms with Crippen molar-refractivity contribution in [1.29, 1.82) is 0 Å². The number of likely N-dealkylation sites (N-methyl/N-ethyl adjacent to an activating group) is 1. The fourth-order valence-electron chi connectivity index (χ4n) is 3.29. The molecule has 2 heterocycles. The molecule has 9 heteroatoms. The Kier molecular flexibility index (Phi) is 7.05. The lowest BCUT2D eigenvalue weighted by Gasteiger charge is -2.21. The summed E-state index contributed by atoms with van der Waals surface area (Å²) < 4.78 is 1.80. The first-order chi connectivity index (χ1) is 14.9. The Labute approximate surface area is 182 Å². The van der Waals surface area contributed by atoms with Gasteiger partial charge in [-0.1, -0.05) is 18.1 Å². The maximum Gasteiger partial charge on any atom is 0.272 e. The maximum absolute atomic E-state index is 13.2. The summed E-state index contributed by atoms with van der Waals surface area (Å²) in [6.45, 7) is 4.86. The SMILES string of the molecule is CC#CCn1c(N(C)CC(C)N)nc(NC)c1C(=O)NCc1cnc2ccccc2n1. The summed E-state index contributed by atoms with van der Waals surface area (Å²) >= 11 is 0. The molecular weight excluding hydrogens is 392 g/mol. The minimum Gasteiger partial charge on any atom is -0.371 e. The molecule has 31 heavy (non-hydrogen) atoms. The summed E-state index contributed by atoms with van der Waals surface area (Å²) in [7, 11) is 3.63. The number of rotatable bonds is 8. The van der Waals surface area contributed by atoms with Crippen molar-refractivity contribution in [3.05, 3.63) is 41.9 Å². The molecule has 0 saturated carbocycles. The number of anilines is 2. The molecule has 1 atom stereocenters. The van der Waals surface area contributed by atoms with E-state index in [9.17, 15) is 4.79 Å². The summed E-state index contributed by atoms with van der Waals surface area (Å²) in [6, 6.07) is 7.57. The van der Waals surface area contributed by atoms with Crippen LogP contribution >= 0.6 is 0 Å². The highest BCUT2D eigenvalue weighted by atomic mass is 16.2. The maximum atomic E-state index is 13.2. The summed E-state index contributed by atoms with van der Waals surface area (Å²) in [5, 5.41) is 5.95. The number of fused-ring (bicyclic) bond motifs is 1. The van der Waals surface area contributed by atoms with E-state index < -0.39 is 0 Å². The predicted octanol–water partition coefficient (Wildman–Crippen LogP) is 1.60. The molecule has 0 spiro atoms. The van der Waals surface area contributed by atoms with Gasteiger partial charge in [0.25, 0.3) is 5.91 Å². The van der Waals surface area contributed by atoms with E-state index in [4.69, 9.17) is 5.73 Å². The fourth-order valence-corrected chi connectivity index (χ4v) is 3.29. The van der Waals surface area contributed by atoms with E-state index in [1.165, 1.54) is 0 Å². The molecule has 1 amide bonds. The third-order valence-electron chi connectivity index (χ3n) is 4.65. The van der Waals surface area contributed by atoms with Crippen LogP contribution in [-0.2, 0) is 13.1 Å². The number of carbonyl (C=O) groups excluding carboxylic acids is 1. The Hall–Kier alpha value is -3.64. The number of hydrogen-bond donors (Lipinski definition) is 3. The van der Waals surface area contributed by atoms with Gasteiger partial charge in [0.05, 0.1) is 36.0 Å². The molecule has 0 bridgehead atoms. The van der Waals surface area contributed by atoms with Gasteiger partial charge in [-0.15, -0.1) is 5.92 Å². The van der Waals surface area contributed by atoms with Crippen LogP contribution in [0.15, 0.2) is 30.5 Å². The van der Waals surface area contributed by atoms with Gasteiger partial charge in [-0.3, -0.25) is 14.3 Å². The third kappa shape index (κ3) is 5.10. The van der Waals surface area contributed by atoms with E-state index >= 15 is 0 Å². The van der Waals surface area contributed by atoms with Gasteiger partial charge >= 0.3 is 0 Å². The second-order valence-corrected chi connectivity index (χ2v) is 7.26. The average Bonchev–Trinajstić information content (AvgIpc) is 3.14. The number of nitrogens with zero attached hydrogens (tertiary/aromatic N) is 5. The van der Waals surface area contributed by atoms with Crippen molar-refractivity contribution in [2.75, 3.05) is 30.9 Å². The zero-order chi connectivity index (χ0) is 22.4. The Morgan fingerprint density at radius 2 is 2.03 bits per heavy atom. The number of carbonyl (C=O) groups is 1. The molecular formula is C22H28N8O. The van der Waals surface area contributed by atoms with E-state index in [0.29, 0.717) is 36.2 Å². The molecule has 0 saturated heterocycles. The van der Waals surface area contributed by atoms with Gasteiger partial charge in [0.15, 0.2) is 11.5 Å². The lowest BCUT2D eigenvalue weighted by Crippen LogP contribution is -2.35. The van der Waals surface area contributed by atoms with Gasteiger partial charge in [0, 0.05) is 26.7 Å². The molecule has 2 aromatic heterocycles. The van der Waals surface area contributed by atoms with Crippen molar-refractivity contribution in [2.24, 2.45) is 5.73 Å². The smallest absolute Gasteiger partial charge is 0.272 e. The first-order valence-corrected chi connectivity index (χ1v) is 10.1. The molecule has 9 nitrogen and oxygen atoms in total. The van der Waals surface area contributed by atoms with Crippen molar-refractivity contribution < 1.29 is 4.79 Å². The quantitative estimate of drug-likeness (QED) is 0.474. The van der Waals surface area contributed by atoms with Crippen LogP contribution in [0.4, 0.5) is 11.8 Å². The normalized spacial score (nSPS) is 11.5. The lowest BCUT2D eigenvalue weighted by molar-refractivity contribution is 0.0942. The Morgan fingerprint density at radius 3 is 2.71 bits per heavy atom.